The Balaban J connectivity index is 1.68. The predicted octanol–water partition coefficient (Wildman–Crippen LogP) is 3.31. The number of amides is 2. The summed E-state index contributed by atoms with van der Waals surface area (Å²) in [6.07, 6.45) is 7.80. The van der Waals surface area contributed by atoms with E-state index in [4.69, 9.17) is 0 Å². The molecule has 2 aliphatic heterocycles. The molecule has 2 amide bonds. The second-order valence-corrected chi connectivity index (χ2v) is 8.60. The zero-order chi connectivity index (χ0) is 19.6. The van der Waals surface area contributed by atoms with Crippen LogP contribution in [0.3, 0.4) is 0 Å². The average molecular weight is 379 g/mol. The van der Waals surface area contributed by atoms with Gasteiger partial charge in [-0.05, 0) is 75.2 Å². The van der Waals surface area contributed by atoms with Crippen molar-refractivity contribution in [2.75, 3.05) is 6.54 Å². The van der Waals surface area contributed by atoms with E-state index in [1.54, 1.807) is 6.92 Å². The van der Waals surface area contributed by atoms with Crippen LogP contribution in [0.1, 0.15) is 57.4 Å². The van der Waals surface area contributed by atoms with Crippen LogP contribution >= 0.6 is 0 Å². The van der Waals surface area contributed by atoms with Gasteiger partial charge in [0, 0.05) is 24.5 Å². The zero-order valence-corrected chi connectivity index (χ0v) is 16.7. The van der Waals surface area contributed by atoms with E-state index in [2.05, 4.69) is 46.3 Å². The maximum absolute atomic E-state index is 12.8. The van der Waals surface area contributed by atoms with Gasteiger partial charge in [0.15, 0.2) is 0 Å². The Hall–Kier alpha value is -2.28. The van der Waals surface area contributed by atoms with E-state index < -0.39 is 0 Å². The number of benzene rings is 1. The lowest BCUT2D eigenvalue weighted by Crippen LogP contribution is -2.60. The van der Waals surface area contributed by atoms with E-state index in [0.29, 0.717) is 24.2 Å². The van der Waals surface area contributed by atoms with E-state index in [9.17, 15) is 9.59 Å². The average Bonchev–Trinajstić information content (AvgIpc) is 3.06. The fourth-order valence-electron chi connectivity index (χ4n) is 6.16. The number of carbonyl (C=O) groups excluding carboxylic acids is 2. The Labute approximate surface area is 168 Å². The molecule has 0 unspecified atom stereocenters. The highest BCUT2D eigenvalue weighted by molar-refractivity contribution is 5.93. The second kappa shape index (κ2) is 7.99. The summed E-state index contributed by atoms with van der Waals surface area (Å²) in [4.78, 5) is 27.3. The molecule has 4 heteroatoms. The first-order valence-corrected chi connectivity index (χ1v) is 10.7. The van der Waals surface area contributed by atoms with E-state index in [0.717, 1.165) is 51.5 Å². The topological polar surface area (TPSA) is 49.4 Å². The van der Waals surface area contributed by atoms with Crippen molar-refractivity contribution in [3.63, 3.8) is 0 Å². The van der Waals surface area contributed by atoms with Crippen LogP contribution in [0, 0.1) is 23.7 Å². The van der Waals surface area contributed by atoms with Gasteiger partial charge in [-0.2, -0.15) is 0 Å². The fourth-order valence-corrected chi connectivity index (χ4v) is 6.16. The third-order valence-electron chi connectivity index (χ3n) is 7.22. The zero-order valence-electron chi connectivity index (χ0n) is 16.7. The Morgan fingerprint density at radius 3 is 2.82 bits per heavy atom. The molecular formula is C24H30N2O2. The molecule has 1 spiro atoms. The third kappa shape index (κ3) is 3.43. The predicted molar refractivity (Wildman–Crippen MR) is 109 cm³/mol. The van der Waals surface area contributed by atoms with Crippen LogP contribution in [0.5, 0.6) is 0 Å². The van der Waals surface area contributed by atoms with Crippen molar-refractivity contribution in [3.05, 3.63) is 35.9 Å². The molecule has 2 heterocycles. The molecule has 148 valence electrons. The summed E-state index contributed by atoms with van der Waals surface area (Å²) in [5.74, 6) is 6.31. The molecule has 4 rings (SSSR count). The summed E-state index contributed by atoms with van der Waals surface area (Å²) >= 11 is 0. The number of nitrogens with one attached hydrogen (secondary N) is 1. The van der Waals surface area contributed by atoms with Gasteiger partial charge in [-0.25, -0.2) is 0 Å². The van der Waals surface area contributed by atoms with Gasteiger partial charge in [0.05, 0.1) is 0 Å². The standard InChI is InChI=1S/C24H30N2O2/c1-2-8-22(27)25-21-13-15-24-14-7-16-26(24)23(28)12-6-11-20(24)19(21)17-18-9-4-3-5-10-18/h3-5,9-10,19-21H,6-7,11-17H2,1H3,(H,25,27)/t19-,20+,21+,24-/m1/s1. The lowest BCUT2D eigenvalue weighted by Gasteiger charge is -2.53. The molecule has 1 saturated carbocycles. The highest BCUT2D eigenvalue weighted by atomic mass is 16.2. The Bertz CT molecular complexity index is 794. The Kier molecular flexibility index (Phi) is 5.44. The van der Waals surface area contributed by atoms with E-state index in [-0.39, 0.29) is 17.5 Å². The maximum atomic E-state index is 12.8. The van der Waals surface area contributed by atoms with Crippen molar-refractivity contribution in [3.8, 4) is 11.8 Å². The minimum absolute atomic E-state index is 0.00466. The van der Waals surface area contributed by atoms with Crippen LogP contribution in [0.2, 0.25) is 0 Å². The summed E-state index contributed by atoms with van der Waals surface area (Å²) in [7, 11) is 0. The first-order valence-electron chi connectivity index (χ1n) is 10.7. The van der Waals surface area contributed by atoms with Crippen LogP contribution in [-0.2, 0) is 16.0 Å². The molecular weight excluding hydrogens is 348 g/mol. The van der Waals surface area contributed by atoms with Crippen molar-refractivity contribution >= 4 is 11.8 Å². The molecule has 1 aromatic carbocycles. The largest absolute Gasteiger partial charge is 0.342 e. The van der Waals surface area contributed by atoms with Crippen molar-refractivity contribution in [2.24, 2.45) is 11.8 Å². The van der Waals surface area contributed by atoms with Crippen LogP contribution < -0.4 is 5.32 Å². The maximum Gasteiger partial charge on any atom is 0.296 e. The van der Waals surface area contributed by atoms with E-state index >= 15 is 0 Å². The molecule has 0 radical (unpaired) electrons. The van der Waals surface area contributed by atoms with Gasteiger partial charge in [0.2, 0.25) is 5.91 Å². The van der Waals surface area contributed by atoms with Crippen molar-refractivity contribution in [2.45, 2.75) is 69.9 Å². The highest BCUT2D eigenvalue weighted by Gasteiger charge is 2.56. The van der Waals surface area contributed by atoms with Crippen molar-refractivity contribution in [1.82, 2.24) is 10.2 Å². The van der Waals surface area contributed by atoms with Crippen LogP contribution in [-0.4, -0.2) is 34.8 Å². The van der Waals surface area contributed by atoms with Gasteiger partial charge < -0.3 is 10.2 Å². The molecule has 1 N–H and O–H groups in total. The third-order valence-corrected chi connectivity index (χ3v) is 7.22. The Morgan fingerprint density at radius 2 is 2.04 bits per heavy atom. The van der Waals surface area contributed by atoms with E-state index in [1.165, 1.54) is 5.56 Å². The SMILES string of the molecule is CC#CC(=O)N[C@H]1CC[C@@]23CCCN2C(=O)CCC[C@H]3[C@H]1Cc1ccccc1. The summed E-state index contributed by atoms with van der Waals surface area (Å²) in [6.45, 7) is 2.61. The van der Waals surface area contributed by atoms with Crippen LogP contribution in [0.4, 0.5) is 0 Å². The number of hydrogen-bond donors (Lipinski definition) is 1. The van der Waals surface area contributed by atoms with E-state index in [1.807, 2.05) is 6.07 Å². The monoisotopic (exact) mass is 378 g/mol. The first-order chi connectivity index (χ1) is 13.6. The lowest BCUT2D eigenvalue weighted by atomic mass is 9.61. The number of nitrogens with zero attached hydrogens (tertiary/aromatic N) is 1. The fraction of sp³-hybridized carbons (Fsp3) is 0.583. The molecule has 4 nitrogen and oxygen atoms in total. The van der Waals surface area contributed by atoms with Crippen molar-refractivity contribution in [1.29, 1.82) is 0 Å². The molecule has 0 aromatic heterocycles. The van der Waals surface area contributed by atoms with Crippen molar-refractivity contribution < 1.29 is 9.59 Å². The quantitative estimate of drug-likeness (QED) is 0.821. The van der Waals surface area contributed by atoms with Crippen LogP contribution in [0.25, 0.3) is 0 Å². The van der Waals surface area contributed by atoms with Gasteiger partial charge in [-0.3, -0.25) is 9.59 Å². The molecule has 0 bridgehead atoms. The van der Waals surface area contributed by atoms with Gasteiger partial charge in [-0.1, -0.05) is 36.3 Å². The van der Waals surface area contributed by atoms with Crippen LogP contribution in [0.15, 0.2) is 30.3 Å². The molecule has 2 saturated heterocycles. The summed E-state index contributed by atoms with van der Waals surface area (Å²) in [6, 6.07) is 10.7. The summed E-state index contributed by atoms with van der Waals surface area (Å²) in [5, 5.41) is 3.22. The first kappa shape index (κ1) is 19.1. The molecule has 1 aliphatic carbocycles. The number of rotatable bonds is 3. The van der Waals surface area contributed by atoms with Gasteiger partial charge in [0.1, 0.15) is 0 Å². The smallest absolute Gasteiger partial charge is 0.296 e. The number of carbonyl (C=O) groups is 2. The molecule has 3 fully saturated rings. The Morgan fingerprint density at radius 1 is 1.21 bits per heavy atom. The minimum Gasteiger partial charge on any atom is -0.342 e. The number of hydrogen-bond acceptors (Lipinski definition) is 2. The van der Waals surface area contributed by atoms with Gasteiger partial charge in [0.25, 0.3) is 5.91 Å². The summed E-state index contributed by atoms with van der Waals surface area (Å²) < 4.78 is 0. The molecule has 1 aromatic rings. The minimum atomic E-state index is -0.172. The highest BCUT2D eigenvalue weighted by Crippen LogP contribution is 2.52. The second-order valence-electron chi connectivity index (χ2n) is 8.60. The lowest BCUT2D eigenvalue weighted by molar-refractivity contribution is -0.139. The molecule has 3 aliphatic rings. The van der Waals surface area contributed by atoms with Gasteiger partial charge in [-0.15, -0.1) is 0 Å². The molecule has 28 heavy (non-hydrogen) atoms. The molecule has 4 atom stereocenters. The summed E-state index contributed by atoms with van der Waals surface area (Å²) in [5.41, 5.74) is 1.32. The normalized spacial score (nSPS) is 31.8. The van der Waals surface area contributed by atoms with Gasteiger partial charge >= 0.3 is 0 Å².